The predicted molar refractivity (Wildman–Crippen MR) is 109 cm³/mol. The van der Waals surface area contributed by atoms with E-state index in [9.17, 15) is 18.0 Å². The van der Waals surface area contributed by atoms with Gasteiger partial charge >= 0.3 is 6.18 Å². The Morgan fingerprint density at radius 3 is 2.31 bits per heavy atom. The molecule has 1 atom stereocenters. The molecule has 2 aromatic rings. The van der Waals surface area contributed by atoms with Gasteiger partial charge in [0.05, 0.1) is 11.6 Å². The number of rotatable bonds is 5. The molecule has 1 amide bonds. The Morgan fingerprint density at radius 2 is 1.72 bits per heavy atom. The standard InChI is InChI=1S/C22H26F3N3O/c1-3-17-7-9-19(10-8-17)26-21(29)16(2)27-11-13-28(14-12-27)20-6-4-5-18(15-20)22(23,24)25/h4-10,15-16H,3,11-14H2,1-2H3,(H,26,29). The molecule has 156 valence electrons. The number of amides is 1. The van der Waals surface area contributed by atoms with Crippen LogP contribution in [0.25, 0.3) is 0 Å². The molecule has 0 bridgehead atoms. The number of halogens is 3. The van der Waals surface area contributed by atoms with E-state index in [4.69, 9.17) is 0 Å². The van der Waals surface area contributed by atoms with E-state index in [-0.39, 0.29) is 11.9 Å². The van der Waals surface area contributed by atoms with Crippen molar-refractivity contribution in [3.63, 3.8) is 0 Å². The van der Waals surface area contributed by atoms with Crippen molar-refractivity contribution in [3.8, 4) is 0 Å². The van der Waals surface area contributed by atoms with Crippen LogP contribution in [0.5, 0.6) is 0 Å². The van der Waals surface area contributed by atoms with Crippen molar-refractivity contribution in [2.24, 2.45) is 0 Å². The van der Waals surface area contributed by atoms with E-state index in [0.29, 0.717) is 31.9 Å². The minimum absolute atomic E-state index is 0.0817. The summed E-state index contributed by atoms with van der Waals surface area (Å²) >= 11 is 0. The smallest absolute Gasteiger partial charge is 0.369 e. The number of aryl methyl sites for hydroxylation is 1. The monoisotopic (exact) mass is 405 g/mol. The lowest BCUT2D eigenvalue weighted by atomic mass is 10.1. The Labute approximate surface area is 169 Å². The van der Waals surface area contributed by atoms with Gasteiger partial charge in [0.2, 0.25) is 5.91 Å². The molecule has 1 unspecified atom stereocenters. The Hall–Kier alpha value is -2.54. The molecule has 3 rings (SSSR count). The second-order valence-corrected chi connectivity index (χ2v) is 7.29. The van der Waals surface area contributed by atoms with Gasteiger partial charge < -0.3 is 10.2 Å². The van der Waals surface area contributed by atoms with E-state index >= 15 is 0 Å². The normalized spacial score (nSPS) is 16.5. The fraction of sp³-hybridized carbons (Fsp3) is 0.409. The number of carbonyl (C=O) groups is 1. The molecule has 1 aliphatic rings. The van der Waals surface area contributed by atoms with Crippen LogP contribution in [0.4, 0.5) is 24.5 Å². The van der Waals surface area contributed by atoms with E-state index in [0.717, 1.165) is 18.2 Å². The molecule has 1 aliphatic heterocycles. The van der Waals surface area contributed by atoms with Gasteiger partial charge in [0.25, 0.3) is 0 Å². The molecule has 1 fully saturated rings. The summed E-state index contributed by atoms with van der Waals surface area (Å²) in [6.07, 6.45) is -3.40. The van der Waals surface area contributed by atoms with Gasteiger partial charge in [-0.3, -0.25) is 9.69 Å². The predicted octanol–water partition coefficient (Wildman–Crippen LogP) is 4.42. The first-order chi connectivity index (χ1) is 13.8. The topological polar surface area (TPSA) is 35.6 Å². The summed E-state index contributed by atoms with van der Waals surface area (Å²) in [5, 5.41) is 2.94. The molecule has 1 N–H and O–H groups in total. The molecular weight excluding hydrogens is 379 g/mol. The largest absolute Gasteiger partial charge is 0.416 e. The lowest BCUT2D eigenvalue weighted by Crippen LogP contribution is -2.52. The average molecular weight is 405 g/mol. The molecule has 29 heavy (non-hydrogen) atoms. The van der Waals surface area contributed by atoms with E-state index < -0.39 is 11.7 Å². The zero-order valence-electron chi connectivity index (χ0n) is 16.7. The summed E-state index contributed by atoms with van der Waals surface area (Å²) in [6, 6.07) is 12.9. The van der Waals surface area contributed by atoms with E-state index in [1.165, 1.54) is 17.7 Å². The summed E-state index contributed by atoms with van der Waals surface area (Å²) in [4.78, 5) is 16.6. The van der Waals surface area contributed by atoms with Crippen LogP contribution in [-0.2, 0) is 17.4 Å². The third kappa shape index (κ3) is 5.29. The van der Waals surface area contributed by atoms with Gasteiger partial charge in [-0.1, -0.05) is 25.1 Å². The van der Waals surface area contributed by atoms with Gasteiger partial charge in [-0.25, -0.2) is 0 Å². The van der Waals surface area contributed by atoms with Crippen molar-refractivity contribution in [3.05, 3.63) is 59.7 Å². The SMILES string of the molecule is CCc1ccc(NC(=O)C(C)N2CCN(c3cccc(C(F)(F)F)c3)CC2)cc1. The fourth-order valence-corrected chi connectivity index (χ4v) is 3.48. The minimum atomic E-state index is -4.35. The highest BCUT2D eigenvalue weighted by molar-refractivity contribution is 5.94. The number of nitrogens with one attached hydrogen (secondary N) is 1. The van der Waals surface area contributed by atoms with Gasteiger partial charge in [0.15, 0.2) is 0 Å². The molecule has 0 saturated carbocycles. The minimum Gasteiger partial charge on any atom is -0.369 e. The molecule has 1 saturated heterocycles. The van der Waals surface area contributed by atoms with Crippen LogP contribution in [0.3, 0.4) is 0 Å². The van der Waals surface area contributed by atoms with Crippen LogP contribution in [-0.4, -0.2) is 43.0 Å². The second-order valence-electron chi connectivity index (χ2n) is 7.29. The van der Waals surface area contributed by atoms with Crippen molar-refractivity contribution in [1.29, 1.82) is 0 Å². The summed E-state index contributed by atoms with van der Waals surface area (Å²) in [7, 11) is 0. The van der Waals surface area contributed by atoms with Crippen LogP contribution >= 0.6 is 0 Å². The van der Waals surface area contributed by atoms with Crippen LogP contribution in [0.1, 0.15) is 25.0 Å². The quantitative estimate of drug-likeness (QED) is 0.800. The molecule has 0 aromatic heterocycles. The van der Waals surface area contributed by atoms with Crippen molar-refractivity contribution >= 4 is 17.3 Å². The van der Waals surface area contributed by atoms with Crippen molar-refractivity contribution in [2.75, 3.05) is 36.4 Å². The molecule has 4 nitrogen and oxygen atoms in total. The van der Waals surface area contributed by atoms with Crippen LogP contribution in [0.2, 0.25) is 0 Å². The maximum atomic E-state index is 12.9. The van der Waals surface area contributed by atoms with Crippen LogP contribution in [0.15, 0.2) is 48.5 Å². The number of anilines is 2. The van der Waals surface area contributed by atoms with E-state index in [2.05, 4.69) is 17.1 Å². The first-order valence-electron chi connectivity index (χ1n) is 9.84. The maximum Gasteiger partial charge on any atom is 0.416 e. The number of hydrogen-bond donors (Lipinski definition) is 1. The lowest BCUT2D eigenvalue weighted by molar-refractivity contribution is -0.137. The molecule has 0 aliphatic carbocycles. The highest BCUT2D eigenvalue weighted by atomic mass is 19.4. The van der Waals surface area contributed by atoms with Gasteiger partial charge in [-0.15, -0.1) is 0 Å². The van der Waals surface area contributed by atoms with E-state index in [1.807, 2.05) is 36.1 Å². The van der Waals surface area contributed by atoms with Gasteiger partial charge in [0.1, 0.15) is 0 Å². The second kappa shape index (κ2) is 8.86. The molecular formula is C22H26F3N3O. The number of carbonyl (C=O) groups excluding carboxylic acids is 1. The number of nitrogens with zero attached hydrogens (tertiary/aromatic N) is 2. The number of alkyl halides is 3. The Balaban J connectivity index is 1.56. The highest BCUT2D eigenvalue weighted by Gasteiger charge is 2.31. The first-order valence-corrected chi connectivity index (χ1v) is 9.84. The van der Waals surface area contributed by atoms with Crippen molar-refractivity contribution < 1.29 is 18.0 Å². The Morgan fingerprint density at radius 1 is 1.07 bits per heavy atom. The third-order valence-electron chi connectivity index (χ3n) is 5.41. The van der Waals surface area contributed by atoms with Gasteiger partial charge in [0, 0.05) is 37.6 Å². The lowest BCUT2D eigenvalue weighted by Gasteiger charge is -2.38. The highest BCUT2D eigenvalue weighted by Crippen LogP contribution is 2.32. The zero-order chi connectivity index (χ0) is 21.0. The van der Waals surface area contributed by atoms with Gasteiger partial charge in [-0.05, 0) is 49.2 Å². The summed E-state index contributed by atoms with van der Waals surface area (Å²) in [6.45, 7) is 6.30. The summed E-state index contributed by atoms with van der Waals surface area (Å²) in [5.41, 5.74) is 1.90. The van der Waals surface area contributed by atoms with Crippen molar-refractivity contribution in [1.82, 2.24) is 4.90 Å². The van der Waals surface area contributed by atoms with Crippen molar-refractivity contribution in [2.45, 2.75) is 32.5 Å². The zero-order valence-corrected chi connectivity index (χ0v) is 16.7. The molecule has 2 aromatic carbocycles. The molecule has 7 heteroatoms. The average Bonchev–Trinajstić information content (AvgIpc) is 2.73. The number of hydrogen-bond acceptors (Lipinski definition) is 3. The molecule has 1 heterocycles. The Bertz CT molecular complexity index is 828. The third-order valence-corrected chi connectivity index (χ3v) is 5.41. The van der Waals surface area contributed by atoms with Crippen LogP contribution < -0.4 is 10.2 Å². The van der Waals surface area contributed by atoms with Crippen LogP contribution in [0, 0.1) is 0 Å². The molecule has 0 radical (unpaired) electrons. The summed E-state index contributed by atoms with van der Waals surface area (Å²) < 4.78 is 38.8. The number of piperazine rings is 1. The number of benzene rings is 2. The maximum absolute atomic E-state index is 12.9. The first kappa shape index (κ1) is 21.2. The van der Waals surface area contributed by atoms with Gasteiger partial charge in [-0.2, -0.15) is 13.2 Å². The Kier molecular flexibility index (Phi) is 6.47. The van der Waals surface area contributed by atoms with E-state index in [1.54, 1.807) is 6.07 Å². The molecule has 0 spiro atoms. The fourth-order valence-electron chi connectivity index (χ4n) is 3.48. The summed E-state index contributed by atoms with van der Waals surface area (Å²) in [5.74, 6) is -0.0817.